The molecule has 5 rings (SSSR count). The Hall–Kier alpha value is -3.02. The molecule has 0 unspecified atom stereocenters. The van der Waals surface area contributed by atoms with Crippen molar-refractivity contribution in [3.05, 3.63) is 87.9 Å². The van der Waals surface area contributed by atoms with Crippen molar-refractivity contribution in [3.8, 4) is 16.3 Å². The molecule has 29 heavy (non-hydrogen) atoms. The van der Waals surface area contributed by atoms with Crippen molar-refractivity contribution in [2.24, 2.45) is 0 Å². The highest BCUT2D eigenvalue weighted by atomic mass is 32.1. The third-order valence-corrected chi connectivity index (χ3v) is 6.80. The monoisotopic (exact) mass is 413 g/mol. The van der Waals surface area contributed by atoms with E-state index in [4.69, 9.17) is 10.1 Å². The van der Waals surface area contributed by atoms with E-state index in [2.05, 4.69) is 74.0 Å². The van der Waals surface area contributed by atoms with Crippen molar-refractivity contribution in [1.29, 1.82) is 0 Å². The van der Waals surface area contributed by atoms with E-state index >= 15 is 0 Å². The Balaban J connectivity index is 1.55. The summed E-state index contributed by atoms with van der Waals surface area (Å²) in [6, 6.07) is 18.8. The van der Waals surface area contributed by atoms with Crippen molar-refractivity contribution in [1.82, 2.24) is 14.8 Å². The van der Waals surface area contributed by atoms with Gasteiger partial charge in [0.05, 0.1) is 20.8 Å². The van der Waals surface area contributed by atoms with Crippen LogP contribution in [0.5, 0.6) is 0 Å². The zero-order valence-corrected chi connectivity index (χ0v) is 17.8. The van der Waals surface area contributed by atoms with Gasteiger partial charge in [-0.25, -0.2) is 9.67 Å². The summed E-state index contributed by atoms with van der Waals surface area (Å²) in [7, 11) is 0. The summed E-state index contributed by atoms with van der Waals surface area (Å²) in [6.07, 6.45) is 6.31. The van der Waals surface area contributed by atoms with E-state index in [1.54, 1.807) is 22.7 Å². The first-order valence-corrected chi connectivity index (χ1v) is 11.1. The lowest BCUT2D eigenvalue weighted by Crippen LogP contribution is -1.93. The zero-order valence-electron chi connectivity index (χ0n) is 16.2. The molecule has 0 aliphatic rings. The molecular weight excluding hydrogens is 394 g/mol. The third-order valence-electron chi connectivity index (χ3n) is 4.94. The second-order valence-corrected chi connectivity index (χ2v) is 8.99. The zero-order chi connectivity index (χ0) is 19.8. The van der Waals surface area contributed by atoms with Crippen LogP contribution in [0.15, 0.2) is 66.2 Å². The number of nitrogens with zero attached hydrogens (tertiary/aromatic N) is 3. The van der Waals surface area contributed by atoms with Crippen LogP contribution in [0.3, 0.4) is 0 Å². The molecule has 2 aromatic carbocycles. The number of hydrogen-bond acceptors (Lipinski definition) is 4. The fourth-order valence-corrected chi connectivity index (χ4v) is 4.94. The molecule has 142 valence electrons. The van der Waals surface area contributed by atoms with Crippen molar-refractivity contribution in [2.45, 2.75) is 13.8 Å². The Morgan fingerprint density at radius 3 is 2.55 bits per heavy atom. The molecule has 0 bridgehead atoms. The fourth-order valence-electron chi connectivity index (χ4n) is 3.26. The van der Waals surface area contributed by atoms with Crippen LogP contribution in [0, 0.1) is 13.8 Å². The van der Waals surface area contributed by atoms with E-state index < -0.39 is 0 Å². The van der Waals surface area contributed by atoms with Crippen molar-refractivity contribution >= 4 is 45.0 Å². The lowest BCUT2D eigenvalue weighted by Gasteiger charge is -1.99. The molecule has 0 amide bonds. The average Bonchev–Trinajstić information content (AvgIpc) is 3.47. The number of thiophene rings is 1. The molecule has 0 fully saturated rings. The van der Waals surface area contributed by atoms with Gasteiger partial charge in [0.15, 0.2) is 0 Å². The third kappa shape index (κ3) is 3.55. The number of benzene rings is 2. The van der Waals surface area contributed by atoms with Gasteiger partial charge in [-0.05, 0) is 72.8 Å². The van der Waals surface area contributed by atoms with E-state index in [-0.39, 0.29) is 0 Å². The van der Waals surface area contributed by atoms with Gasteiger partial charge in [-0.1, -0.05) is 24.3 Å². The number of hydrogen-bond donors (Lipinski definition) is 0. The highest BCUT2D eigenvalue weighted by Gasteiger charge is 2.12. The quantitative estimate of drug-likeness (QED) is 0.318. The molecule has 3 nitrogen and oxygen atoms in total. The van der Waals surface area contributed by atoms with Gasteiger partial charge in [0, 0.05) is 11.8 Å². The summed E-state index contributed by atoms with van der Waals surface area (Å²) in [5.41, 5.74) is 6.78. The molecule has 5 aromatic rings. The highest BCUT2D eigenvalue weighted by molar-refractivity contribution is 7.19. The lowest BCUT2D eigenvalue weighted by atomic mass is 10.1. The van der Waals surface area contributed by atoms with Crippen LogP contribution in [0.4, 0.5) is 0 Å². The van der Waals surface area contributed by atoms with E-state index in [1.807, 2.05) is 22.9 Å². The van der Waals surface area contributed by atoms with Crippen LogP contribution in [0.1, 0.15) is 21.7 Å². The van der Waals surface area contributed by atoms with Crippen molar-refractivity contribution < 1.29 is 0 Å². The Morgan fingerprint density at radius 2 is 1.76 bits per heavy atom. The van der Waals surface area contributed by atoms with Gasteiger partial charge in [-0.3, -0.25) is 0 Å². The summed E-state index contributed by atoms with van der Waals surface area (Å²) in [5.74, 6) is 0. The van der Waals surface area contributed by atoms with Gasteiger partial charge in [0.25, 0.3) is 0 Å². The number of fused-ring (bicyclic) bond motifs is 1. The number of aryl methyl sites for hydroxylation is 2. The first kappa shape index (κ1) is 18.0. The maximum atomic E-state index is 4.86. The summed E-state index contributed by atoms with van der Waals surface area (Å²) >= 11 is 3.43. The second kappa shape index (κ2) is 7.43. The summed E-state index contributed by atoms with van der Waals surface area (Å²) in [4.78, 5) is 5.96. The minimum absolute atomic E-state index is 0.993. The Kier molecular flexibility index (Phi) is 4.62. The second-order valence-electron chi connectivity index (χ2n) is 6.98. The van der Waals surface area contributed by atoms with Crippen LogP contribution in [0.25, 0.3) is 38.6 Å². The smallest absolute Gasteiger partial charge is 0.117 e. The van der Waals surface area contributed by atoms with Gasteiger partial charge in [-0.2, -0.15) is 5.10 Å². The molecular formula is C24H19N3S2. The van der Waals surface area contributed by atoms with Crippen LogP contribution >= 0.6 is 22.7 Å². The van der Waals surface area contributed by atoms with Crippen LogP contribution in [-0.2, 0) is 0 Å². The number of para-hydroxylation sites is 1. The molecule has 3 heterocycles. The van der Waals surface area contributed by atoms with Gasteiger partial charge in [-0.15, -0.1) is 22.7 Å². The predicted octanol–water partition coefficient (Wildman–Crippen LogP) is 7.00. The molecule has 3 aromatic heterocycles. The van der Waals surface area contributed by atoms with E-state index in [9.17, 15) is 0 Å². The first-order chi connectivity index (χ1) is 14.2. The summed E-state index contributed by atoms with van der Waals surface area (Å²) in [6.45, 7) is 4.28. The van der Waals surface area contributed by atoms with E-state index in [0.29, 0.717) is 0 Å². The highest BCUT2D eigenvalue weighted by Crippen LogP contribution is 2.30. The van der Waals surface area contributed by atoms with Gasteiger partial charge < -0.3 is 0 Å². The standard InChI is InChI=1S/C24H19N3S2/c1-16-13-20-22(14-17(16)2)29-23(25-20)11-10-18-15-27(19-7-4-3-5-8-19)26-24(18)21-9-6-12-28-21/h3-15H,1-2H3. The average molecular weight is 414 g/mol. The predicted molar refractivity (Wildman–Crippen MR) is 125 cm³/mol. The number of thiazole rings is 1. The molecule has 0 saturated carbocycles. The number of aromatic nitrogens is 3. The molecule has 0 N–H and O–H groups in total. The van der Waals surface area contributed by atoms with Crippen LogP contribution < -0.4 is 0 Å². The molecule has 0 spiro atoms. The Labute approximate surface area is 177 Å². The molecule has 0 saturated heterocycles. The SMILES string of the molecule is Cc1cc2nc(C=Cc3cn(-c4ccccc4)nc3-c3cccs3)sc2cc1C. The maximum absolute atomic E-state index is 4.86. The van der Waals surface area contributed by atoms with E-state index in [1.165, 1.54) is 15.8 Å². The minimum atomic E-state index is 0.993. The lowest BCUT2D eigenvalue weighted by molar-refractivity contribution is 0.885. The first-order valence-electron chi connectivity index (χ1n) is 9.42. The van der Waals surface area contributed by atoms with Crippen molar-refractivity contribution in [3.63, 3.8) is 0 Å². The van der Waals surface area contributed by atoms with Crippen molar-refractivity contribution in [2.75, 3.05) is 0 Å². The summed E-state index contributed by atoms with van der Waals surface area (Å²) < 4.78 is 3.17. The molecule has 5 heteroatoms. The van der Waals surface area contributed by atoms with Gasteiger partial charge >= 0.3 is 0 Å². The topological polar surface area (TPSA) is 30.7 Å². The minimum Gasteiger partial charge on any atom is -0.240 e. The Bertz CT molecular complexity index is 1270. The maximum Gasteiger partial charge on any atom is 0.117 e. The van der Waals surface area contributed by atoms with Gasteiger partial charge in [0.2, 0.25) is 0 Å². The van der Waals surface area contributed by atoms with Gasteiger partial charge in [0.1, 0.15) is 10.7 Å². The van der Waals surface area contributed by atoms with Crippen LogP contribution in [0.2, 0.25) is 0 Å². The van der Waals surface area contributed by atoms with E-state index in [0.717, 1.165) is 32.3 Å². The largest absolute Gasteiger partial charge is 0.240 e. The Morgan fingerprint density at radius 1 is 0.931 bits per heavy atom. The number of rotatable bonds is 4. The molecule has 0 aliphatic carbocycles. The molecule has 0 atom stereocenters. The normalized spacial score (nSPS) is 11.7. The fraction of sp³-hybridized carbons (Fsp3) is 0.0833. The molecule has 0 aliphatic heterocycles. The van der Waals surface area contributed by atoms with Crippen LogP contribution in [-0.4, -0.2) is 14.8 Å². The molecule has 0 radical (unpaired) electrons. The summed E-state index contributed by atoms with van der Waals surface area (Å²) in [5, 5.41) is 7.95.